The predicted octanol–water partition coefficient (Wildman–Crippen LogP) is 3.55. The number of aryl methyl sites for hydroxylation is 1. The zero-order valence-electron chi connectivity index (χ0n) is 12.8. The van der Waals surface area contributed by atoms with Gasteiger partial charge in [0, 0.05) is 12.7 Å². The molecule has 1 fully saturated rings. The van der Waals surface area contributed by atoms with E-state index in [0.717, 1.165) is 24.4 Å². The number of benzene rings is 1. The van der Waals surface area contributed by atoms with Gasteiger partial charge in [0.05, 0.1) is 6.10 Å². The molecule has 2 unspecified atom stereocenters. The zero-order valence-corrected chi connectivity index (χ0v) is 12.8. The van der Waals surface area contributed by atoms with Gasteiger partial charge in [0.25, 0.3) is 5.91 Å². The number of nitrogens with zero attached hydrogens (tertiary/aromatic N) is 1. The van der Waals surface area contributed by atoms with E-state index in [-0.39, 0.29) is 18.6 Å². The molecule has 1 aliphatic rings. The molecule has 0 aliphatic heterocycles. The normalized spacial score (nSPS) is 22.6. The highest BCUT2D eigenvalue weighted by Crippen LogP contribution is 2.25. The lowest BCUT2D eigenvalue weighted by molar-refractivity contribution is -0.125. The first-order valence-corrected chi connectivity index (χ1v) is 7.51. The minimum atomic E-state index is 0.0204. The van der Waals surface area contributed by atoms with E-state index < -0.39 is 0 Å². The second-order valence-electron chi connectivity index (χ2n) is 5.99. The van der Waals surface area contributed by atoms with E-state index in [4.69, 9.17) is 4.74 Å². The van der Waals surface area contributed by atoms with Crippen molar-refractivity contribution in [3.8, 4) is 0 Å². The Morgan fingerprint density at radius 3 is 2.65 bits per heavy atom. The molecular weight excluding hydrogens is 250 g/mol. The van der Waals surface area contributed by atoms with Gasteiger partial charge in [0.2, 0.25) is 0 Å². The van der Waals surface area contributed by atoms with Crippen molar-refractivity contribution in [2.24, 2.45) is 5.92 Å². The molecule has 2 rings (SSSR count). The van der Waals surface area contributed by atoms with Gasteiger partial charge in [-0.3, -0.25) is 4.79 Å². The van der Waals surface area contributed by atoms with Crippen LogP contribution in [0.1, 0.15) is 38.2 Å². The monoisotopic (exact) mass is 275 g/mol. The Morgan fingerprint density at radius 2 is 2.00 bits per heavy atom. The number of rotatable bonds is 4. The Labute approximate surface area is 121 Å². The van der Waals surface area contributed by atoms with Crippen LogP contribution in [0.5, 0.6) is 0 Å². The van der Waals surface area contributed by atoms with Gasteiger partial charge in [-0.1, -0.05) is 37.5 Å². The van der Waals surface area contributed by atoms with Crippen molar-refractivity contribution in [2.75, 3.05) is 18.6 Å². The van der Waals surface area contributed by atoms with Gasteiger partial charge in [-0.15, -0.1) is 0 Å². The fraction of sp³-hybridized carbons (Fsp3) is 0.588. The SMILES string of the molecule is Cc1ccc(N(C)C(=O)COC2CCCC(C)C2)cc1. The van der Waals surface area contributed by atoms with Crippen molar-refractivity contribution in [3.05, 3.63) is 29.8 Å². The molecule has 0 spiro atoms. The molecule has 20 heavy (non-hydrogen) atoms. The van der Waals surface area contributed by atoms with E-state index >= 15 is 0 Å². The maximum absolute atomic E-state index is 12.2. The van der Waals surface area contributed by atoms with Gasteiger partial charge >= 0.3 is 0 Å². The highest BCUT2D eigenvalue weighted by Gasteiger charge is 2.21. The van der Waals surface area contributed by atoms with Crippen LogP contribution in [0.4, 0.5) is 5.69 Å². The van der Waals surface area contributed by atoms with Crippen molar-refractivity contribution >= 4 is 11.6 Å². The molecule has 110 valence electrons. The Kier molecular flexibility index (Phi) is 5.18. The Morgan fingerprint density at radius 1 is 1.30 bits per heavy atom. The van der Waals surface area contributed by atoms with E-state index in [2.05, 4.69) is 6.92 Å². The fourth-order valence-corrected chi connectivity index (χ4v) is 2.73. The van der Waals surface area contributed by atoms with Crippen molar-refractivity contribution in [2.45, 2.75) is 45.6 Å². The van der Waals surface area contributed by atoms with Gasteiger partial charge in [0.15, 0.2) is 0 Å². The van der Waals surface area contributed by atoms with Crippen LogP contribution in [0.15, 0.2) is 24.3 Å². The number of carbonyl (C=O) groups is 1. The average molecular weight is 275 g/mol. The van der Waals surface area contributed by atoms with Gasteiger partial charge in [-0.2, -0.15) is 0 Å². The summed E-state index contributed by atoms with van der Waals surface area (Å²) >= 11 is 0. The third-order valence-corrected chi connectivity index (χ3v) is 4.13. The number of hydrogen-bond acceptors (Lipinski definition) is 2. The van der Waals surface area contributed by atoms with Crippen LogP contribution in [0.2, 0.25) is 0 Å². The molecule has 0 N–H and O–H groups in total. The van der Waals surface area contributed by atoms with E-state index in [1.807, 2.05) is 31.2 Å². The maximum atomic E-state index is 12.2. The summed E-state index contributed by atoms with van der Waals surface area (Å²) in [6.07, 6.45) is 4.94. The van der Waals surface area contributed by atoms with E-state index in [9.17, 15) is 4.79 Å². The molecule has 0 aromatic heterocycles. The molecular formula is C17H25NO2. The Bertz CT molecular complexity index is 441. The maximum Gasteiger partial charge on any atom is 0.252 e. The summed E-state index contributed by atoms with van der Waals surface area (Å²) in [6.45, 7) is 4.48. The third-order valence-electron chi connectivity index (χ3n) is 4.13. The number of hydrogen-bond donors (Lipinski definition) is 0. The fourth-order valence-electron chi connectivity index (χ4n) is 2.73. The molecule has 0 saturated heterocycles. The lowest BCUT2D eigenvalue weighted by Gasteiger charge is -2.27. The first-order valence-electron chi connectivity index (χ1n) is 7.51. The predicted molar refractivity (Wildman–Crippen MR) is 82.0 cm³/mol. The number of likely N-dealkylation sites (N-methyl/N-ethyl adjacent to an activating group) is 1. The van der Waals surface area contributed by atoms with E-state index in [0.29, 0.717) is 0 Å². The number of carbonyl (C=O) groups excluding carboxylic acids is 1. The van der Waals surface area contributed by atoms with E-state index in [1.165, 1.54) is 18.4 Å². The van der Waals surface area contributed by atoms with Crippen molar-refractivity contribution < 1.29 is 9.53 Å². The molecule has 1 aliphatic carbocycles. The standard InChI is InChI=1S/C17H25NO2/c1-13-7-9-15(10-8-13)18(3)17(19)12-20-16-6-4-5-14(2)11-16/h7-10,14,16H,4-6,11-12H2,1-3H3. The van der Waals surface area contributed by atoms with Crippen LogP contribution in [0.25, 0.3) is 0 Å². The van der Waals surface area contributed by atoms with Gasteiger partial charge < -0.3 is 9.64 Å². The van der Waals surface area contributed by atoms with E-state index in [1.54, 1.807) is 11.9 Å². The summed E-state index contributed by atoms with van der Waals surface area (Å²) in [5.74, 6) is 0.741. The summed E-state index contributed by atoms with van der Waals surface area (Å²) < 4.78 is 5.79. The van der Waals surface area contributed by atoms with Crippen molar-refractivity contribution in [1.29, 1.82) is 0 Å². The molecule has 1 aromatic rings. The second kappa shape index (κ2) is 6.89. The number of ether oxygens (including phenoxy) is 1. The summed E-state index contributed by atoms with van der Waals surface area (Å²) in [7, 11) is 1.81. The third kappa shape index (κ3) is 4.07. The van der Waals surface area contributed by atoms with Crippen LogP contribution in [0.3, 0.4) is 0 Å². The minimum Gasteiger partial charge on any atom is -0.368 e. The molecule has 1 aromatic carbocycles. The highest BCUT2D eigenvalue weighted by atomic mass is 16.5. The first kappa shape index (κ1) is 15.0. The lowest BCUT2D eigenvalue weighted by atomic mass is 9.89. The quantitative estimate of drug-likeness (QED) is 0.841. The van der Waals surface area contributed by atoms with Crippen molar-refractivity contribution in [1.82, 2.24) is 0 Å². The molecule has 0 radical (unpaired) electrons. The van der Waals surface area contributed by atoms with Crippen LogP contribution < -0.4 is 4.90 Å². The number of anilines is 1. The molecule has 0 heterocycles. The summed E-state index contributed by atoms with van der Waals surface area (Å²) in [5.41, 5.74) is 2.11. The second-order valence-corrected chi connectivity index (χ2v) is 5.99. The highest BCUT2D eigenvalue weighted by molar-refractivity contribution is 5.93. The molecule has 3 nitrogen and oxygen atoms in total. The Balaban J connectivity index is 1.83. The lowest BCUT2D eigenvalue weighted by Crippen LogP contribution is -2.33. The molecule has 0 bridgehead atoms. The Hall–Kier alpha value is -1.35. The van der Waals surface area contributed by atoms with Gasteiger partial charge in [-0.05, 0) is 37.8 Å². The summed E-state index contributed by atoms with van der Waals surface area (Å²) in [6, 6.07) is 7.97. The molecule has 2 atom stereocenters. The average Bonchev–Trinajstić information content (AvgIpc) is 2.45. The zero-order chi connectivity index (χ0) is 14.5. The molecule has 1 amide bonds. The topological polar surface area (TPSA) is 29.5 Å². The first-order chi connectivity index (χ1) is 9.56. The smallest absolute Gasteiger partial charge is 0.252 e. The van der Waals surface area contributed by atoms with Crippen molar-refractivity contribution in [3.63, 3.8) is 0 Å². The van der Waals surface area contributed by atoms with Gasteiger partial charge in [0.1, 0.15) is 6.61 Å². The number of amides is 1. The summed E-state index contributed by atoms with van der Waals surface area (Å²) in [4.78, 5) is 13.8. The van der Waals surface area contributed by atoms with Gasteiger partial charge in [-0.25, -0.2) is 0 Å². The summed E-state index contributed by atoms with van der Waals surface area (Å²) in [5, 5.41) is 0. The van der Waals surface area contributed by atoms with Crippen LogP contribution in [0, 0.1) is 12.8 Å². The van der Waals surface area contributed by atoms with Crippen LogP contribution in [-0.4, -0.2) is 25.7 Å². The minimum absolute atomic E-state index is 0.0204. The molecule has 1 saturated carbocycles. The van der Waals surface area contributed by atoms with Crippen LogP contribution in [-0.2, 0) is 9.53 Å². The molecule has 3 heteroatoms. The largest absolute Gasteiger partial charge is 0.368 e. The van der Waals surface area contributed by atoms with Crippen LogP contribution >= 0.6 is 0 Å².